The lowest BCUT2D eigenvalue weighted by atomic mass is 10.1. The maximum Gasteiger partial charge on any atom is 0.334 e. The van der Waals surface area contributed by atoms with Crippen LogP contribution in [0.1, 0.15) is 52.9 Å². The SMILES string of the molecule is C/C=C/CCC(=O)N(C(=O)CC/C=C/C)C(CC(=O)O)C(=O)O/C=C/C. The Morgan fingerprint density at radius 1 is 0.923 bits per heavy atom. The van der Waals surface area contributed by atoms with E-state index < -0.39 is 36.2 Å². The Balaban J connectivity index is 5.59. The summed E-state index contributed by atoms with van der Waals surface area (Å²) in [5.41, 5.74) is 0. The highest BCUT2D eigenvalue weighted by atomic mass is 16.5. The van der Waals surface area contributed by atoms with E-state index in [9.17, 15) is 19.2 Å². The second kappa shape index (κ2) is 13.6. The lowest BCUT2D eigenvalue weighted by molar-refractivity contribution is -0.161. The van der Waals surface area contributed by atoms with E-state index in [1.54, 1.807) is 45.1 Å². The standard InChI is InChI=1S/C19H27NO6/c1-4-7-9-11-16(21)20(17(22)12-10-8-5-2)15(14-18(23)24)19(25)26-13-6-3/h4-8,13,15H,9-12,14H2,1-3H3,(H,23,24)/b7-4+,8-5+,13-6+. The van der Waals surface area contributed by atoms with Crippen LogP contribution >= 0.6 is 0 Å². The minimum absolute atomic E-state index is 0.00723. The summed E-state index contributed by atoms with van der Waals surface area (Å²) in [4.78, 5) is 49.2. The second-order valence-corrected chi connectivity index (χ2v) is 5.39. The molecule has 0 saturated heterocycles. The molecule has 144 valence electrons. The fraction of sp³-hybridized carbons (Fsp3) is 0.474. The molecule has 1 atom stereocenters. The van der Waals surface area contributed by atoms with Crippen LogP contribution in [0.3, 0.4) is 0 Å². The number of carbonyl (C=O) groups excluding carboxylic acids is 3. The molecule has 1 N–H and O–H groups in total. The van der Waals surface area contributed by atoms with Crippen LogP contribution in [0.2, 0.25) is 0 Å². The third-order valence-electron chi connectivity index (χ3n) is 3.33. The molecule has 0 aliphatic rings. The van der Waals surface area contributed by atoms with Crippen LogP contribution in [-0.2, 0) is 23.9 Å². The van der Waals surface area contributed by atoms with E-state index in [1.807, 2.05) is 0 Å². The van der Waals surface area contributed by atoms with Crippen molar-refractivity contribution in [1.29, 1.82) is 0 Å². The molecule has 0 radical (unpaired) electrons. The van der Waals surface area contributed by atoms with E-state index in [-0.39, 0.29) is 12.8 Å². The summed E-state index contributed by atoms with van der Waals surface area (Å²) in [6.45, 7) is 5.21. The lowest BCUT2D eigenvalue weighted by Crippen LogP contribution is -2.50. The predicted octanol–water partition coefficient (Wildman–Crippen LogP) is 2.97. The van der Waals surface area contributed by atoms with Crippen molar-refractivity contribution in [2.45, 2.75) is 58.9 Å². The Morgan fingerprint density at radius 2 is 1.42 bits per heavy atom. The highest BCUT2D eigenvalue weighted by molar-refractivity contribution is 6.00. The number of hydrogen-bond donors (Lipinski definition) is 1. The molecule has 0 spiro atoms. The smallest absolute Gasteiger partial charge is 0.334 e. The molecular weight excluding hydrogens is 338 g/mol. The van der Waals surface area contributed by atoms with Gasteiger partial charge in [0.15, 0.2) is 0 Å². The number of rotatable bonds is 11. The van der Waals surface area contributed by atoms with E-state index in [4.69, 9.17) is 9.84 Å². The first-order valence-corrected chi connectivity index (χ1v) is 8.49. The first kappa shape index (κ1) is 23.3. The molecule has 0 bridgehead atoms. The van der Waals surface area contributed by atoms with Crippen molar-refractivity contribution in [2.24, 2.45) is 0 Å². The predicted molar refractivity (Wildman–Crippen MR) is 96.9 cm³/mol. The number of ether oxygens (including phenoxy) is 1. The Labute approximate surface area is 154 Å². The molecule has 0 aliphatic heterocycles. The average Bonchev–Trinajstić information content (AvgIpc) is 2.59. The van der Waals surface area contributed by atoms with Crippen LogP contribution in [0.15, 0.2) is 36.6 Å². The second-order valence-electron chi connectivity index (χ2n) is 5.39. The highest BCUT2D eigenvalue weighted by Gasteiger charge is 2.36. The van der Waals surface area contributed by atoms with Crippen LogP contribution in [0, 0.1) is 0 Å². The molecule has 1 unspecified atom stereocenters. The van der Waals surface area contributed by atoms with Gasteiger partial charge in [-0.25, -0.2) is 4.79 Å². The summed E-state index contributed by atoms with van der Waals surface area (Å²) < 4.78 is 4.83. The van der Waals surface area contributed by atoms with Gasteiger partial charge in [-0.15, -0.1) is 0 Å². The van der Waals surface area contributed by atoms with Gasteiger partial charge in [0.1, 0.15) is 6.04 Å². The Bertz CT molecular complexity index is 549. The van der Waals surface area contributed by atoms with Crippen molar-refractivity contribution >= 4 is 23.8 Å². The van der Waals surface area contributed by atoms with E-state index in [0.29, 0.717) is 12.8 Å². The van der Waals surface area contributed by atoms with Gasteiger partial charge in [-0.1, -0.05) is 30.4 Å². The molecule has 2 amide bonds. The van der Waals surface area contributed by atoms with Crippen LogP contribution in [-0.4, -0.2) is 39.8 Å². The zero-order valence-corrected chi connectivity index (χ0v) is 15.5. The largest absolute Gasteiger partial charge is 0.481 e. The number of carbonyl (C=O) groups is 4. The van der Waals surface area contributed by atoms with Gasteiger partial charge >= 0.3 is 11.9 Å². The molecular formula is C19H27NO6. The van der Waals surface area contributed by atoms with E-state index >= 15 is 0 Å². The fourth-order valence-corrected chi connectivity index (χ4v) is 2.13. The molecule has 0 saturated carbocycles. The third kappa shape index (κ3) is 8.96. The molecule has 0 aromatic carbocycles. The number of aliphatic carboxylic acids is 1. The summed E-state index contributed by atoms with van der Waals surface area (Å²) >= 11 is 0. The molecule has 26 heavy (non-hydrogen) atoms. The first-order chi connectivity index (χ1) is 12.4. The summed E-state index contributed by atoms with van der Waals surface area (Å²) in [7, 11) is 0. The minimum atomic E-state index is -1.50. The third-order valence-corrected chi connectivity index (χ3v) is 3.33. The number of hydrogen-bond acceptors (Lipinski definition) is 5. The van der Waals surface area contributed by atoms with Crippen molar-refractivity contribution in [2.75, 3.05) is 0 Å². The molecule has 0 rings (SSSR count). The monoisotopic (exact) mass is 365 g/mol. The normalized spacial score (nSPS) is 12.6. The van der Waals surface area contributed by atoms with Crippen molar-refractivity contribution in [3.05, 3.63) is 36.6 Å². The van der Waals surface area contributed by atoms with E-state index in [2.05, 4.69) is 0 Å². The summed E-state index contributed by atoms with van der Waals surface area (Å²) in [5.74, 6) is -3.46. The molecule has 0 aromatic heterocycles. The molecule has 0 heterocycles. The molecule has 7 nitrogen and oxygen atoms in total. The van der Waals surface area contributed by atoms with Crippen molar-refractivity contribution in [3.8, 4) is 0 Å². The molecule has 7 heteroatoms. The quantitative estimate of drug-likeness (QED) is 0.343. The number of carboxylic acid groups (broad SMARTS) is 1. The Kier molecular flexibility index (Phi) is 12.2. The summed E-state index contributed by atoms with van der Waals surface area (Å²) in [5, 5.41) is 9.10. The van der Waals surface area contributed by atoms with Gasteiger partial charge in [-0.2, -0.15) is 0 Å². The van der Waals surface area contributed by atoms with Gasteiger partial charge in [-0.05, 0) is 33.6 Å². The maximum atomic E-state index is 12.5. The van der Waals surface area contributed by atoms with Gasteiger partial charge < -0.3 is 9.84 Å². The number of nitrogens with zero attached hydrogens (tertiary/aromatic N) is 1. The minimum Gasteiger partial charge on any atom is -0.481 e. The van der Waals surface area contributed by atoms with Crippen LogP contribution in [0.25, 0.3) is 0 Å². The van der Waals surface area contributed by atoms with Crippen LogP contribution in [0.4, 0.5) is 0 Å². The van der Waals surface area contributed by atoms with Gasteiger partial charge in [0.25, 0.3) is 0 Å². The maximum absolute atomic E-state index is 12.5. The zero-order valence-electron chi connectivity index (χ0n) is 15.5. The molecule has 0 aliphatic carbocycles. The van der Waals surface area contributed by atoms with E-state index in [0.717, 1.165) is 11.2 Å². The van der Waals surface area contributed by atoms with Crippen molar-refractivity contribution in [3.63, 3.8) is 0 Å². The van der Waals surface area contributed by atoms with Crippen molar-refractivity contribution < 1.29 is 29.0 Å². The van der Waals surface area contributed by atoms with Gasteiger partial charge in [0, 0.05) is 12.8 Å². The van der Waals surface area contributed by atoms with Gasteiger partial charge in [0.2, 0.25) is 11.8 Å². The highest BCUT2D eigenvalue weighted by Crippen LogP contribution is 2.14. The van der Waals surface area contributed by atoms with E-state index in [1.165, 1.54) is 6.08 Å². The van der Waals surface area contributed by atoms with Crippen LogP contribution in [0.5, 0.6) is 0 Å². The number of carboxylic acids is 1. The summed E-state index contributed by atoms with van der Waals surface area (Å²) in [6, 6.07) is -1.50. The molecule has 0 fully saturated rings. The average molecular weight is 365 g/mol. The Morgan fingerprint density at radius 3 is 1.81 bits per heavy atom. The topological polar surface area (TPSA) is 101 Å². The van der Waals surface area contributed by atoms with Gasteiger partial charge in [-0.3, -0.25) is 19.3 Å². The van der Waals surface area contributed by atoms with Crippen molar-refractivity contribution in [1.82, 2.24) is 4.90 Å². The number of amides is 2. The summed E-state index contributed by atoms with van der Waals surface area (Å²) in [6.07, 6.45) is 9.62. The lowest BCUT2D eigenvalue weighted by Gasteiger charge is -2.27. The number of esters is 1. The molecule has 0 aromatic rings. The van der Waals surface area contributed by atoms with Crippen LogP contribution < -0.4 is 0 Å². The zero-order chi connectivity index (χ0) is 19.9. The number of imide groups is 1. The Hall–Kier alpha value is -2.70. The van der Waals surface area contributed by atoms with Gasteiger partial charge in [0.05, 0.1) is 12.7 Å². The first-order valence-electron chi connectivity index (χ1n) is 8.49. The fourth-order valence-electron chi connectivity index (χ4n) is 2.13. The number of allylic oxidation sites excluding steroid dienone is 5.